The van der Waals surface area contributed by atoms with Gasteiger partial charge in [-0.1, -0.05) is 0 Å². The number of primary amides is 1. The lowest BCUT2D eigenvalue weighted by atomic mass is 10.5. The molecule has 0 unspecified atom stereocenters. The molecule has 0 aromatic carbocycles. The van der Waals surface area contributed by atoms with E-state index in [0.717, 1.165) is 0 Å². The summed E-state index contributed by atoms with van der Waals surface area (Å²) in [6, 6.07) is 0. The first-order valence-electron chi connectivity index (χ1n) is 2.71. The van der Waals surface area contributed by atoms with Crippen LogP contribution < -0.4 is 5.73 Å². The van der Waals surface area contributed by atoms with Crippen LogP contribution in [0.2, 0.25) is 0 Å². The highest BCUT2D eigenvalue weighted by Gasteiger charge is 2.22. The van der Waals surface area contributed by atoms with E-state index in [9.17, 15) is 4.79 Å². The third kappa shape index (κ3) is 4.09. The molecule has 1 rings (SSSR count). The summed E-state index contributed by atoms with van der Waals surface area (Å²) < 4.78 is 4.50. The Labute approximate surface area is 60.0 Å². The van der Waals surface area contributed by atoms with E-state index in [0.29, 0.717) is 12.5 Å². The summed E-state index contributed by atoms with van der Waals surface area (Å²) in [5.74, 6) is 0.613. The van der Waals surface area contributed by atoms with Gasteiger partial charge in [0, 0.05) is 0 Å². The largest absolute Gasteiger partial charge is 0.449 e. The van der Waals surface area contributed by atoms with Gasteiger partial charge in [-0.25, -0.2) is 4.79 Å². The van der Waals surface area contributed by atoms with Crippen molar-refractivity contribution in [2.75, 3.05) is 6.61 Å². The van der Waals surface area contributed by atoms with Gasteiger partial charge >= 0.3 is 6.09 Å². The first-order chi connectivity index (χ1) is 3.79. The molecule has 0 aromatic heterocycles. The zero-order valence-electron chi connectivity index (χ0n) is 5.00. The molecule has 1 aliphatic rings. The SMILES string of the molecule is Cl.NC(=O)OCC1CC1. The molecule has 9 heavy (non-hydrogen) atoms. The fourth-order valence-electron chi connectivity index (χ4n) is 0.485. The average Bonchev–Trinajstić information content (AvgIpc) is 2.41. The van der Waals surface area contributed by atoms with Crippen molar-refractivity contribution in [1.29, 1.82) is 0 Å². The van der Waals surface area contributed by atoms with Gasteiger partial charge in [-0.2, -0.15) is 0 Å². The number of nitrogens with two attached hydrogens (primary N) is 1. The molecule has 1 aliphatic carbocycles. The molecular weight excluding hydrogens is 142 g/mol. The van der Waals surface area contributed by atoms with E-state index in [1.165, 1.54) is 12.8 Å². The molecule has 0 atom stereocenters. The molecule has 2 N–H and O–H groups in total. The smallest absolute Gasteiger partial charge is 0.404 e. The Balaban J connectivity index is 0.000000640. The highest BCUT2D eigenvalue weighted by molar-refractivity contribution is 5.85. The number of halogens is 1. The lowest BCUT2D eigenvalue weighted by Gasteiger charge is -1.95. The van der Waals surface area contributed by atoms with Crippen molar-refractivity contribution in [2.45, 2.75) is 12.8 Å². The van der Waals surface area contributed by atoms with Gasteiger partial charge in [0.05, 0.1) is 6.61 Å². The summed E-state index contributed by atoms with van der Waals surface area (Å²) >= 11 is 0. The van der Waals surface area contributed by atoms with Crippen molar-refractivity contribution in [1.82, 2.24) is 0 Å². The number of amides is 1. The fraction of sp³-hybridized carbons (Fsp3) is 0.800. The maximum Gasteiger partial charge on any atom is 0.404 e. The Hall–Kier alpha value is -0.440. The molecule has 1 amide bonds. The van der Waals surface area contributed by atoms with Gasteiger partial charge in [0.15, 0.2) is 0 Å². The molecular formula is C5H10ClNO2. The lowest BCUT2D eigenvalue weighted by Crippen LogP contribution is -2.14. The van der Waals surface area contributed by atoms with E-state index >= 15 is 0 Å². The van der Waals surface area contributed by atoms with E-state index in [1.54, 1.807) is 0 Å². The Morgan fingerprint density at radius 1 is 1.67 bits per heavy atom. The van der Waals surface area contributed by atoms with Gasteiger partial charge in [-0.05, 0) is 18.8 Å². The molecule has 4 heteroatoms. The summed E-state index contributed by atoms with van der Waals surface area (Å²) in [4.78, 5) is 9.93. The number of ether oxygens (including phenoxy) is 1. The monoisotopic (exact) mass is 151 g/mol. The van der Waals surface area contributed by atoms with Crippen LogP contribution in [0.4, 0.5) is 4.79 Å². The summed E-state index contributed by atoms with van der Waals surface area (Å²) in [5, 5.41) is 0. The quantitative estimate of drug-likeness (QED) is 0.638. The van der Waals surface area contributed by atoms with Crippen LogP contribution in [0.15, 0.2) is 0 Å². The third-order valence-electron chi connectivity index (χ3n) is 1.16. The van der Waals surface area contributed by atoms with Crippen molar-refractivity contribution in [3.8, 4) is 0 Å². The molecule has 3 nitrogen and oxygen atoms in total. The molecule has 0 saturated heterocycles. The zero-order chi connectivity index (χ0) is 5.98. The van der Waals surface area contributed by atoms with Gasteiger partial charge in [0.1, 0.15) is 0 Å². The van der Waals surface area contributed by atoms with E-state index in [4.69, 9.17) is 5.73 Å². The number of hydrogen-bond donors (Lipinski definition) is 1. The fourth-order valence-corrected chi connectivity index (χ4v) is 0.485. The van der Waals surface area contributed by atoms with Crippen LogP contribution in [0.1, 0.15) is 12.8 Å². The van der Waals surface area contributed by atoms with Crippen LogP contribution in [0.3, 0.4) is 0 Å². The number of carbonyl (C=O) groups excluding carboxylic acids is 1. The maximum absolute atomic E-state index is 9.93. The lowest BCUT2D eigenvalue weighted by molar-refractivity contribution is 0.151. The molecule has 0 radical (unpaired) electrons. The van der Waals surface area contributed by atoms with Gasteiger partial charge in [0.2, 0.25) is 0 Å². The second-order valence-electron chi connectivity index (χ2n) is 2.07. The molecule has 0 bridgehead atoms. The first-order valence-corrected chi connectivity index (χ1v) is 2.71. The minimum Gasteiger partial charge on any atom is -0.449 e. The van der Waals surface area contributed by atoms with E-state index in [2.05, 4.69) is 4.74 Å². The van der Waals surface area contributed by atoms with Crippen LogP contribution in [0.5, 0.6) is 0 Å². The van der Waals surface area contributed by atoms with Gasteiger partial charge in [-0.3, -0.25) is 0 Å². The molecule has 1 saturated carbocycles. The number of carbonyl (C=O) groups is 1. The molecule has 54 valence electrons. The summed E-state index contributed by atoms with van der Waals surface area (Å²) in [6.07, 6.45) is 1.72. The second-order valence-corrected chi connectivity index (χ2v) is 2.07. The van der Waals surface area contributed by atoms with Crippen molar-refractivity contribution < 1.29 is 9.53 Å². The van der Waals surface area contributed by atoms with E-state index < -0.39 is 6.09 Å². The van der Waals surface area contributed by atoms with Gasteiger partial charge in [-0.15, -0.1) is 12.4 Å². The molecule has 0 heterocycles. The minimum absolute atomic E-state index is 0. The maximum atomic E-state index is 9.93. The third-order valence-corrected chi connectivity index (χ3v) is 1.16. The Morgan fingerprint density at radius 2 is 2.22 bits per heavy atom. The molecule has 0 aliphatic heterocycles. The van der Waals surface area contributed by atoms with Gasteiger partial charge < -0.3 is 10.5 Å². The zero-order valence-corrected chi connectivity index (χ0v) is 5.82. The van der Waals surface area contributed by atoms with Crippen LogP contribution in [0.25, 0.3) is 0 Å². The van der Waals surface area contributed by atoms with Crippen molar-refractivity contribution in [3.05, 3.63) is 0 Å². The highest BCUT2D eigenvalue weighted by Crippen LogP contribution is 2.28. The van der Waals surface area contributed by atoms with Crippen molar-refractivity contribution >= 4 is 18.5 Å². The van der Waals surface area contributed by atoms with E-state index in [-0.39, 0.29) is 12.4 Å². The van der Waals surface area contributed by atoms with Crippen molar-refractivity contribution in [3.63, 3.8) is 0 Å². The standard InChI is InChI=1S/C5H9NO2.ClH/c6-5(7)8-3-4-1-2-4;/h4H,1-3H2,(H2,6,7);1H. The Bertz CT molecular complexity index is 103. The summed E-state index contributed by atoms with van der Waals surface area (Å²) in [6.45, 7) is 0.523. The number of hydrogen-bond acceptors (Lipinski definition) is 2. The topological polar surface area (TPSA) is 52.3 Å². The molecule has 0 spiro atoms. The first kappa shape index (κ1) is 8.56. The molecule has 1 fully saturated rings. The van der Waals surface area contributed by atoms with Gasteiger partial charge in [0.25, 0.3) is 0 Å². The predicted molar refractivity (Wildman–Crippen MR) is 35.5 cm³/mol. The highest BCUT2D eigenvalue weighted by atomic mass is 35.5. The van der Waals surface area contributed by atoms with Crippen LogP contribution in [-0.4, -0.2) is 12.7 Å². The van der Waals surface area contributed by atoms with Crippen LogP contribution in [0, 0.1) is 5.92 Å². The number of rotatable bonds is 2. The average molecular weight is 152 g/mol. The second kappa shape index (κ2) is 3.56. The summed E-state index contributed by atoms with van der Waals surface area (Å²) in [7, 11) is 0. The Kier molecular flexibility index (Phi) is 3.39. The van der Waals surface area contributed by atoms with Crippen molar-refractivity contribution in [2.24, 2.45) is 11.7 Å². The summed E-state index contributed by atoms with van der Waals surface area (Å²) in [5.41, 5.74) is 4.71. The predicted octanol–water partition coefficient (Wildman–Crippen LogP) is 0.914. The Morgan fingerprint density at radius 3 is 2.56 bits per heavy atom. The molecule has 0 aromatic rings. The van der Waals surface area contributed by atoms with Crippen LogP contribution in [-0.2, 0) is 4.74 Å². The normalized spacial score (nSPS) is 16.0. The minimum atomic E-state index is -0.656. The van der Waals surface area contributed by atoms with Crippen LogP contribution >= 0.6 is 12.4 Å². The van der Waals surface area contributed by atoms with E-state index in [1.807, 2.05) is 0 Å².